The number of primary amides is 1. The van der Waals surface area contributed by atoms with Crippen LogP contribution in [-0.2, 0) is 25.6 Å². The summed E-state index contributed by atoms with van der Waals surface area (Å²) < 4.78 is 0. The SMILES string of the molecule is CC(CN(C)C)Nc1ccc(O)c2c1C[C@H]1C(C2=O)C(=O)[C@@]2(O)C(=O)C(C(N)=O)C(=O)[C@H](N(C)C)[C@H]2[C@@H]1O. The molecule has 0 bridgehead atoms. The van der Waals surface area contributed by atoms with E-state index in [1.165, 1.54) is 25.1 Å². The molecule has 2 fully saturated rings. The van der Waals surface area contributed by atoms with Crippen molar-refractivity contribution in [3.05, 3.63) is 23.3 Å². The Morgan fingerprint density at radius 3 is 2.34 bits per heavy atom. The minimum atomic E-state index is -3.00. The van der Waals surface area contributed by atoms with E-state index in [4.69, 9.17) is 5.73 Å². The van der Waals surface area contributed by atoms with Crippen LogP contribution in [0.5, 0.6) is 5.75 Å². The number of Topliss-reactive ketones (excluding diaryl/α,β-unsaturated/α-hetero) is 4. The second-order valence-corrected chi connectivity index (χ2v) is 11.2. The molecule has 0 aromatic heterocycles. The van der Waals surface area contributed by atoms with Gasteiger partial charge in [-0.05, 0) is 59.2 Å². The number of likely N-dealkylation sites (N-methyl/N-ethyl adjacent to an activating group) is 2. The smallest absolute Gasteiger partial charge is 0.235 e. The number of benzene rings is 1. The molecule has 3 aliphatic carbocycles. The van der Waals surface area contributed by atoms with E-state index in [0.717, 1.165) is 0 Å². The van der Waals surface area contributed by atoms with Crippen molar-refractivity contribution in [3.63, 3.8) is 0 Å². The maximum Gasteiger partial charge on any atom is 0.235 e. The molecule has 8 atom stereocenters. The Morgan fingerprint density at radius 2 is 1.79 bits per heavy atom. The van der Waals surface area contributed by atoms with Crippen LogP contribution >= 0.6 is 0 Å². The van der Waals surface area contributed by atoms with Gasteiger partial charge in [0.1, 0.15) is 5.75 Å². The maximum atomic E-state index is 13.8. The van der Waals surface area contributed by atoms with Gasteiger partial charge >= 0.3 is 0 Å². The number of nitrogens with zero attached hydrogens (tertiary/aromatic N) is 2. The Bertz CT molecular complexity index is 1230. The first-order chi connectivity index (χ1) is 17.6. The molecule has 1 aromatic carbocycles. The predicted molar refractivity (Wildman–Crippen MR) is 134 cm³/mol. The van der Waals surface area contributed by atoms with Gasteiger partial charge in [-0.2, -0.15) is 0 Å². The molecule has 3 unspecified atom stereocenters. The summed E-state index contributed by atoms with van der Waals surface area (Å²) in [6.07, 6.45) is -1.69. The summed E-state index contributed by atoms with van der Waals surface area (Å²) in [7, 11) is 6.71. The fourth-order valence-electron chi connectivity index (χ4n) is 6.61. The van der Waals surface area contributed by atoms with E-state index < -0.39 is 70.5 Å². The molecule has 38 heavy (non-hydrogen) atoms. The predicted octanol–water partition coefficient (Wildman–Crippen LogP) is -1.80. The van der Waals surface area contributed by atoms with Gasteiger partial charge in [-0.3, -0.25) is 28.9 Å². The summed E-state index contributed by atoms with van der Waals surface area (Å²) in [4.78, 5) is 69.4. The van der Waals surface area contributed by atoms with Gasteiger partial charge in [0.2, 0.25) is 5.91 Å². The number of phenolic OH excluding ortho intramolecular Hbond substituents is 1. The van der Waals surface area contributed by atoms with Crippen LogP contribution in [0.1, 0.15) is 22.8 Å². The molecule has 1 amide bonds. The van der Waals surface area contributed by atoms with Crippen molar-refractivity contribution in [2.24, 2.45) is 29.4 Å². The third-order valence-corrected chi connectivity index (χ3v) is 8.07. The second-order valence-electron chi connectivity index (χ2n) is 11.2. The third kappa shape index (κ3) is 3.94. The number of carbonyl (C=O) groups is 5. The van der Waals surface area contributed by atoms with Crippen LogP contribution in [0.2, 0.25) is 0 Å². The molecule has 206 valence electrons. The average Bonchev–Trinajstić information content (AvgIpc) is 2.80. The van der Waals surface area contributed by atoms with Gasteiger partial charge in [0, 0.05) is 24.2 Å². The normalized spacial score (nSPS) is 33.6. The lowest BCUT2D eigenvalue weighted by Crippen LogP contribution is -2.77. The fourth-order valence-corrected chi connectivity index (χ4v) is 6.61. The number of hydrogen-bond donors (Lipinski definition) is 5. The minimum absolute atomic E-state index is 0.0432. The number of amides is 1. The maximum absolute atomic E-state index is 13.8. The van der Waals surface area contributed by atoms with E-state index in [-0.39, 0.29) is 23.8 Å². The molecule has 12 heteroatoms. The molecular formula is C26H34N4O8. The zero-order valence-corrected chi connectivity index (χ0v) is 22.0. The van der Waals surface area contributed by atoms with Crippen molar-refractivity contribution in [2.45, 2.75) is 37.1 Å². The van der Waals surface area contributed by atoms with Gasteiger partial charge in [-0.15, -0.1) is 0 Å². The van der Waals surface area contributed by atoms with E-state index >= 15 is 0 Å². The lowest BCUT2D eigenvalue weighted by Gasteiger charge is -2.54. The molecule has 0 saturated heterocycles. The van der Waals surface area contributed by atoms with Crippen LogP contribution in [0.15, 0.2) is 12.1 Å². The molecule has 0 radical (unpaired) electrons. The van der Waals surface area contributed by atoms with Gasteiger partial charge < -0.3 is 31.3 Å². The zero-order chi connectivity index (χ0) is 28.4. The molecule has 1 aromatic rings. The van der Waals surface area contributed by atoms with E-state index in [1.807, 2.05) is 25.9 Å². The van der Waals surface area contributed by atoms with Gasteiger partial charge in [0.25, 0.3) is 0 Å². The standard InChI is InChI=1S/C26H34N4O8/c1-10(9-29(2)3)28-13-6-7-14(31)15-11(13)8-12-16(21(15)33)23(35)26(38)18(20(12)32)19(30(4)5)22(34)17(24(26)36)25(27)37/h6-7,10,12,16-20,28,31-32,38H,8-9H2,1-5H3,(H2,27,37)/t10?,12-,16?,17?,18-,19+,20+,26+/m0/s1. The Morgan fingerprint density at radius 1 is 1.16 bits per heavy atom. The third-order valence-electron chi connectivity index (χ3n) is 8.07. The van der Waals surface area contributed by atoms with Crippen molar-refractivity contribution < 1.29 is 39.3 Å². The minimum Gasteiger partial charge on any atom is -0.507 e. The number of nitrogens with two attached hydrogens (primary N) is 1. The van der Waals surface area contributed by atoms with E-state index in [0.29, 0.717) is 17.8 Å². The number of carbonyl (C=O) groups excluding carboxylic acids is 5. The highest BCUT2D eigenvalue weighted by atomic mass is 16.3. The average molecular weight is 531 g/mol. The van der Waals surface area contributed by atoms with Crippen molar-refractivity contribution in [2.75, 3.05) is 40.1 Å². The number of rotatable bonds is 6. The van der Waals surface area contributed by atoms with Crippen molar-refractivity contribution in [3.8, 4) is 5.75 Å². The fraction of sp³-hybridized carbons (Fsp3) is 0.577. The highest BCUT2D eigenvalue weighted by Gasteiger charge is 2.72. The van der Waals surface area contributed by atoms with Crippen LogP contribution in [0.25, 0.3) is 0 Å². The highest BCUT2D eigenvalue weighted by Crippen LogP contribution is 2.51. The van der Waals surface area contributed by atoms with Gasteiger partial charge in [-0.25, -0.2) is 0 Å². The van der Waals surface area contributed by atoms with Crippen molar-refractivity contribution in [1.82, 2.24) is 9.80 Å². The quantitative estimate of drug-likeness (QED) is 0.206. The largest absolute Gasteiger partial charge is 0.507 e. The Hall–Kier alpha value is -3.19. The number of fused-ring (bicyclic) bond motifs is 3. The Labute approximate surface area is 219 Å². The van der Waals surface area contributed by atoms with Gasteiger partial charge in [0.15, 0.2) is 34.7 Å². The van der Waals surface area contributed by atoms with Crippen LogP contribution in [0.4, 0.5) is 5.69 Å². The molecule has 12 nitrogen and oxygen atoms in total. The molecular weight excluding hydrogens is 496 g/mol. The first-order valence-corrected chi connectivity index (χ1v) is 12.4. The summed E-state index contributed by atoms with van der Waals surface area (Å²) in [5.74, 6) is -12.6. The zero-order valence-electron chi connectivity index (χ0n) is 22.0. The number of hydrogen-bond acceptors (Lipinski definition) is 11. The summed E-state index contributed by atoms with van der Waals surface area (Å²) >= 11 is 0. The molecule has 0 heterocycles. The number of ketones is 4. The molecule has 0 aliphatic heterocycles. The number of nitrogens with one attached hydrogen (secondary N) is 1. The Kier molecular flexibility index (Phi) is 6.98. The summed E-state index contributed by atoms with van der Waals surface area (Å²) in [5, 5.41) is 37.1. The number of aliphatic hydroxyl groups excluding tert-OH is 1. The lowest BCUT2D eigenvalue weighted by atomic mass is 9.51. The van der Waals surface area contributed by atoms with Crippen molar-refractivity contribution in [1.29, 1.82) is 0 Å². The van der Waals surface area contributed by atoms with Crippen LogP contribution < -0.4 is 11.1 Å². The molecule has 3 aliphatic rings. The van der Waals surface area contributed by atoms with Crippen molar-refractivity contribution >= 4 is 34.7 Å². The van der Waals surface area contributed by atoms with E-state index in [9.17, 15) is 39.3 Å². The topological polar surface area (TPSA) is 191 Å². The number of aliphatic hydroxyl groups is 2. The Balaban J connectivity index is 1.85. The lowest BCUT2D eigenvalue weighted by molar-refractivity contribution is -0.195. The van der Waals surface area contributed by atoms with Gasteiger partial charge in [0.05, 0.1) is 29.5 Å². The number of anilines is 1. The second kappa shape index (κ2) is 9.53. The van der Waals surface area contributed by atoms with Crippen LogP contribution in [0, 0.1) is 23.7 Å². The summed E-state index contributed by atoms with van der Waals surface area (Å²) in [6, 6.07) is 1.47. The number of phenols is 1. The summed E-state index contributed by atoms with van der Waals surface area (Å²) in [6.45, 7) is 2.59. The van der Waals surface area contributed by atoms with E-state index in [2.05, 4.69) is 5.32 Å². The van der Waals surface area contributed by atoms with Crippen LogP contribution in [-0.4, -0.2) is 113 Å². The molecule has 6 N–H and O–H groups in total. The van der Waals surface area contributed by atoms with E-state index in [1.54, 1.807) is 6.07 Å². The first-order valence-electron chi connectivity index (χ1n) is 12.4. The van der Waals surface area contributed by atoms with Gasteiger partial charge in [-0.1, -0.05) is 0 Å². The monoisotopic (exact) mass is 530 g/mol. The molecule has 0 spiro atoms. The summed E-state index contributed by atoms with van der Waals surface area (Å²) in [5.41, 5.74) is 3.10. The van der Waals surface area contributed by atoms with Crippen LogP contribution in [0.3, 0.4) is 0 Å². The highest BCUT2D eigenvalue weighted by molar-refractivity contribution is 6.32. The first kappa shape index (κ1) is 27.8. The molecule has 4 rings (SSSR count). The molecule has 2 saturated carbocycles. The number of aromatic hydroxyl groups is 1.